The number of hydrogen-bond acceptors (Lipinski definition) is 5. The van der Waals surface area contributed by atoms with Gasteiger partial charge in [-0.2, -0.15) is 0 Å². The van der Waals surface area contributed by atoms with Crippen molar-refractivity contribution in [2.24, 2.45) is 0 Å². The van der Waals surface area contributed by atoms with Gasteiger partial charge in [-0.3, -0.25) is 9.59 Å². The minimum atomic E-state index is -0.369. The van der Waals surface area contributed by atoms with Crippen LogP contribution in [0.1, 0.15) is 45.7 Å². The molecule has 33 heavy (non-hydrogen) atoms. The number of benzene rings is 2. The molecule has 1 atom stereocenters. The van der Waals surface area contributed by atoms with Crippen molar-refractivity contribution in [1.29, 1.82) is 0 Å². The van der Waals surface area contributed by atoms with Crippen LogP contribution in [-0.4, -0.2) is 26.0 Å². The first-order valence-electron chi connectivity index (χ1n) is 10.6. The van der Waals surface area contributed by atoms with Gasteiger partial charge < -0.3 is 20.1 Å². The summed E-state index contributed by atoms with van der Waals surface area (Å²) in [7, 11) is 3.15. The van der Waals surface area contributed by atoms with E-state index in [1.54, 1.807) is 32.4 Å². The van der Waals surface area contributed by atoms with E-state index < -0.39 is 0 Å². The zero-order valence-corrected chi connectivity index (χ0v) is 20.0. The molecular weight excluding hydrogens is 436 g/mol. The molecule has 0 aliphatic rings. The monoisotopic (exact) mass is 464 g/mol. The first-order chi connectivity index (χ1) is 16.0. The molecule has 7 heteroatoms. The maximum Gasteiger partial charge on any atom is 0.268 e. The van der Waals surface area contributed by atoms with Crippen molar-refractivity contribution in [2.45, 2.75) is 26.3 Å². The van der Waals surface area contributed by atoms with Crippen LogP contribution in [0.4, 0.5) is 0 Å². The summed E-state index contributed by atoms with van der Waals surface area (Å²) in [5.74, 6) is 0.508. The van der Waals surface area contributed by atoms with Gasteiger partial charge in [0.15, 0.2) is 11.5 Å². The normalized spacial score (nSPS) is 12.1. The number of methoxy groups -OCH3 is 2. The van der Waals surface area contributed by atoms with Crippen LogP contribution in [-0.2, 0) is 4.79 Å². The molecule has 0 bridgehead atoms. The Morgan fingerprint density at radius 2 is 1.79 bits per heavy atom. The highest BCUT2D eigenvalue weighted by molar-refractivity contribution is 7.10. The molecule has 1 aromatic heterocycles. The number of carbonyl (C=O) groups is 2. The van der Waals surface area contributed by atoms with Crippen molar-refractivity contribution >= 4 is 29.2 Å². The van der Waals surface area contributed by atoms with Gasteiger partial charge in [0, 0.05) is 10.4 Å². The molecule has 0 saturated carbocycles. The van der Waals surface area contributed by atoms with Gasteiger partial charge in [0.25, 0.3) is 11.8 Å². The van der Waals surface area contributed by atoms with E-state index in [1.807, 2.05) is 61.7 Å². The number of nitrogens with one attached hydrogen (secondary N) is 2. The first kappa shape index (κ1) is 24.1. The number of hydrogen-bond donors (Lipinski definition) is 2. The third kappa shape index (κ3) is 6.02. The minimum absolute atomic E-state index is 0.185. The molecule has 0 unspecified atom stereocenters. The molecule has 6 nitrogen and oxygen atoms in total. The lowest BCUT2D eigenvalue weighted by atomic mass is 10.0. The lowest BCUT2D eigenvalue weighted by Crippen LogP contribution is -2.37. The van der Waals surface area contributed by atoms with Crippen molar-refractivity contribution < 1.29 is 19.1 Å². The van der Waals surface area contributed by atoms with Crippen LogP contribution in [0.2, 0.25) is 0 Å². The van der Waals surface area contributed by atoms with Crippen molar-refractivity contribution in [2.75, 3.05) is 14.2 Å². The summed E-state index contributed by atoms with van der Waals surface area (Å²) in [4.78, 5) is 27.1. The van der Waals surface area contributed by atoms with Crippen LogP contribution in [0, 0.1) is 6.92 Å². The highest BCUT2D eigenvalue weighted by atomic mass is 32.1. The fourth-order valence-electron chi connectivity index (χ4n) is 3.42. The maximum atomic E-state index is 13.3. The zero-order chi connectivity index (χ0) is 23.8. The predicted octanol–water partition coefficient (Wildman–Crippen LogP) is 5.11. The van der Waals surface area contributed by atoms with Crippen molar-refractivity contribution in [3.05, 3.63) is 87.2 Å². The van der Waals surface area contributed by atoms with Crippen molar-refractivity contribution in [3.8, 4) is 11.5 Å². The summed E-state index contributed by atoms with van der Waals surface area (Å²) in [5, 5.41) is 7.77. The second-order valence-electron chi connectivity index (χ2n) is 7.39. The molecular formula is C26H28N2O4S. The van der Waals surface area contributed by atoms with Crippen LogP contribution in [0.3, 0.4) is 0 Å². The Morgan fingerprint density at radius 1 is 1.03 bits per heavy atom. The number of amides is 2. The molecule has 172 valence electrons. The van der Waals surface area contributed by atoms with Gasteiger partial charge in [0.1, 0.15) is 5.70 Å². The van der Waals surface area contributed by atoms with E-state index in [9.17, 15) is 9.59 Å². The summed E-state index contributed by atoms with van der Waals surface area (Å²) < 4.78 is 10.7. The van der Waals surface area contributed by atoms with Crippen LogP contribution < -0.4 is 20.1 Å². The summed E-state index contributed by atoms with van der Waals surface area (Å²) in [6.07, 6.45) is 2.34. The number of ether oxygens (including phenoxy) is 2. The predicted molar refractivity (Wildman–Crippen MR) is 132 cm³/mol. The third-order valence-electron chi connectivity index (χ3n) is 5.24. The third-order valence-corrected chi connectivity index (χ3v) is 6.06. The lowest BCUT2D eigenvalue weighted by Gasteiger charge is -2.20. The van der Waals surface area contributed by atoms with Crippen LogP contribution in [0.5, 0.6) is 11.5 Å². The van der Waals surface area contributed by atoms with Crippen LogP contribution >= 0.6 is 11.3 Å². The van der Waals surface area contributed by atoms with Crippen molar-refractivity contribution in [1.82, 2.24) is 10.6 Å². The Kier molecular flexibility index (Phi) is 8.27. The van der Waals surface area contributed by atoms with E-state index in [-0.39, 0.29) is 23.6 Å². The standard InChI is InChI=1S/C26H28N2O4S/c1-5-21(18-12-13-23(31-3)24(15-18)32-4)27-26(30)22(16-19-10-8-14-33-19)28-25(29)20-11-7-6-9-17(20)2/h6-16,21H,5H2,1-4H3,(H,27,30)(H,28,29)/b22-16-/t21-/m0/s1. The van der Waals surface area contributed by atoms with Crippen molar-refractivity contribution in [3.63, 3.8) is 0 Å². The molecule has 2 amide bonds. The van der Waals surface area contributed by atoms with Gasteiger partial charge in [-0.25, -0.2) is 0 Å². The molecule has 2 aromatic carbocycles. The quantitative estimate of drug-likeness (QED) is 0.432. The fourth-order valence-corrected chi connectivity index (χ4v) is 4.08. The molecule has 0 fully saturated rings. The second-order valence-corrected chi connectivity index (χ2v) is 8.37. The highest BCUT2D eigenvalue weighted by Gasteiger charge is 2.20. The lowest BCUT2D eigenvalue weighted by molar-refractivity contribution is -0.118. The molecule has 1 heterocycles. The molecule has 0 aliphatic carbocycles. The Labute approximate surface area is 198 Å². The van der Waals surface area contributed by atoms with Gasteiger partial charge in [-0.15, -0.1) is 11.3 Å². The smallest absolute Gasteiger partial charge is 0.268 e. The van der Waals surface area contributed by atoms with E-state index in [0.29, 0.717) is 23.5 Å². The SMILES string of the molecule is CC[C@H](NC(=O)/C(=C/c1cccs1)NC(=O)c1ccccc1C)c1ccc(OC)c(OC)c1. The molecule has 0 radical (unpaired) electrons. The molecule has 0 spiro atoms. The summed E-state index contributed by atoms with van der Waals surface area (Å²) in [6, 6.07) is 16.3. The summed E-state index contributed by atoms with van der Waals surface area (Å²) >= 11 is 1.49. The molecule has 0 saturated heterocycles. The topological polar surface area (TPSA) is 76.7 Å². The Morgan fingerprint density at radius 3 is 2.42 bits per heavy atom. The highest BCUT2D eigenvalue weighted by Crippen LogP contribution is 2.31. The van der Waals surface area contributed by atoms with Gasteiger partial charge >= 0.3 is 0 Å². The zero-order valence-electron chi connectivity index (χ0n) is 19.2. The molecule has 3 aromatic rings. The summed E-state index contributed by atoms with van der Waals surface area (Å²) in [6.45, 7) is 3.85. The Balaban J connectivity index is 1.86. The fraction of sp³-hybridized carbons (Fsp3) is 0.231. The summed E-state index contributed by atoms with van der Waals surface area (Å²) in [5.41, 5.74) is 2.42. The molecule has 0 aliphatic heterocycles. The van der Waals surface area contributed by atoms with Gasteiger partial charge in [0.05, 0.1) is 20.3 Å². The molecule has 3 rings (SSSR count). The van der Waals surface area contributed by atoms with E-state index >= 15 is 0 Å². The van der Waals surface area contributed by atoms with E-state index in [2.05, 4.69) is 10.6 Å². The second kappa shape index (κ2) is 11.3. The van der Waals surface area contributed by atoms with E-state index in [4.69, 9.17) is 9.47 Å². The molecule has 2 N–H and O–H groups in total. The number of rotatable bonds is 9. The average Bonchev–Trinajstić information content (AvgIpc) is 3.34. The number of aryl methyl sites for hydroxylation is 1. The van der Waals surface area contributed by atoms with Gasteiger partial charge in [-0.1, -0.05) is 37.3 Å². The minimum Gasteiger partial charge on any atom is -0.493 e. The Hall–Kier alpha value is -3.58. The van der Waals surface area contributed by atoms with E-state index in [1.165, 1.54) is 11.3 Å². The average molecular weight is 465 g/mol. The van der Waals surface area contributed by atoms with Gasteiger partial charge in [-0.05, 0) is 60.2 Å². The van der Waals surface area contributed by atoms with E-state index in [0.717, 1.165) is 16.0 Å². The van der Waals surface area contributed by atoms with Crippen LogP contribution in [0.25, 0.3) is 6.08 Å². The van der Waals surface area contributed by atoms with Crippen LogP contribution in [0.15, 0.2) is 65.7 Å². The number of carbonyl (C=O) groups excluding carboxylic acids is 2. The Bertz CT molecular complexity index is 1140. The first-order valence-corrected chi connectivity index (χ1v) is 11.5. The maximum absolute atomic E-state index is 13.3. The largest absolute Gasteiger partial charge is 0.493 e. The van der Waals surface area contributed by atoms with Gasteiger partial charge in [0.2, 0.25) is 0 Å². The number of thiophene rings is 1.